The zero-order valence-electron chi connectivity index (χ0n) is 16.3. The summed E-state index contributed by atoms with van der Waals surface area (Å²) in [6, 6.07) is 9.31. The van der Waals surface area contributed by atoms with E-state index in [9.17, 15) is 13.2 Å². The number of sulfonamides is 1. The van der Waals surface area contributed by atoms with Crippen molar-refractivity contribution in [1.82, 2.24) is 19.4 Å². The first kappa shape index (κ1) is 20.5. The zero-order chi connectivity index (χ0) is 20.0. The third kappa shape index (κ3) is 4.99. The van der Waals surface area contributed by atoms with Crippen molar-refractivity contribution in [3.05, 3.63) is 48.3 Å². The molecule has 1 aromatic heterocycles. The number of piperidine rings is 1. The van der Waals surface area contributed by atoms with Crippen LogP contribution in [0.25, 0.3) is 5.69 Å². The summed E-state index contributed by atoms with van der Waals surface area (Å²) >= 11 is 0. The summed E-state index contributed by atoms with van der Waals surface area (Å²) in [4.78, 5) is 12.6. The van der Waals surface area contributed by atoms with Crippen molar-refractivity contribution < 1.29 is 13.2 Å². The van der Waals surface area contributed by atoms with Crippen LogP contribution < -0.4 is 5.32 Å². The Morgan fingerprint density at radius 3 is 2.71 bits per heavy atom. The molecule has 0 bridgehead atoms. The Balaban J connectivity index is 1.54. The average Bonchev–Trinajstić information content (AvgIpc) is 3.23. The van der Waals surface area contributed by atoms with Crippen LogP contribution in [-0.2, 0) is 21.2 Å². The van der Waals surface area contributed by atoms with E-state index in [2.05, 4.69) is 10.4 Å². The Morgan fingerprint density at radius 1 is 1.25 bits per heavy atom. The molecular formula is C20H28N4O3S. The number of rotatable bonds is 8. The molecule has 1 N–H and O–H groups in total. The second-order valence-corrected chi connectivity index (χ2v) is 9.14. The normalized spacial score (nSPS) is 18.1. The Kier molecular flexibility index (Phi) is 6.85. The maximum Gasteiger partial charge on any atom is 0.238 e. The quantitative estimate of drug-likeness (QED) is 0.730. The van der Waals surface area contributed by atoms with Gasteiger partial charge in [0.1, 0.15) is 6.04 Å². The van der Waals surface area contributed by atoms with Gasteiger partial charge in [-0.15, -0.1) is 0 Å². The van der Waals surface area contributed by atoms with Crippen LogP contribution in [0, 0.1) is 0 Å². The van der Waals surface area contributed by atoms with Gasteiger partial charge in [0.2, 0.25) is 15.9 Å². The van der Waals surface area contributed by atoms with E-state index in [4.69, 9.17) is 0 Å². The molecule has 1 aliphatic rings. The zero-order valence-corrected chi connectivity index (χ0v) is 17.1. The molecular weight excluding hydrogens is 376 g/mol. The van der Waals surface area contributed by atoms with E-state index >= 15 is 0 Å². The summed E-state index contributed by atoms with van der Waals surface area (Å²) in [5, 5.41) is 7.12. The smallest absolute Gasteiger partial charge is 0.238 e. The van der Waals surface area contributed by atoms with E-state index in [1.54, 1.807) is 10.9 Å². The van der Waals surface area contributed by atoms with Crippen LogP contribution in [0.1, 0.15) is 38.2 Å². The van der Waals surface area contributed by atoms with Gasteiger partial charge in [-0.25, -0.2) is 13.1 Å². The topological polar surface area (TPSA) is 84.3 Å². The maximum atomic E-state index is 12.6. The van der Waals surface area contributed by atoms with E-state index < -0.39 is 16.1 Å². The van der Waals surface area contributed by atoms with E-state index in [0.717, 1.165) is 24.1 Å². The number of carbonyl (C=O) groups excluding carboxylic acids is 1. The molecule has 1 aromatic carbocycles. The van der Waals surface area contributed by atoms with Gasteiger partial charge in [0, 0.05) is 25.5 Å². The van der Waals surface area contributed by atoms with Gasteiger partial charge in [0.05, 0.1) is 11.4 Å². The summed E-state index contributed by atoms with van der Waals surface area (Å²) in [5.41, 5.74) is 2.09. The molecule has 7 nitrogen and oxygen atoms in total. The minimum Gasteiger partial charge on any atom is -0.354 e. The fourth-order valence-electron chi connectivity index (χ4n) is 3.56. The van der Waals surface area contributed by atoms with Crippen molar-refractivity contribution >= 4 is 15.9 Å². The molecule has 3 rings (SSSR count). The number of carbonyl (C=O) groups is 1. The molecule has 152 valence electrons. The Bertz CT molecular complexity index is 863. The number of nitrogens with one attached hydrogen (secondary N) is 1. The molecule has 1 saturated heterocycles. The lowest BCUT2D eigenvalue weighted by Gasteiger charge is -2.33. The van der Waals surface area contributed by atoms with Crippen molar-refractivity contribution in [2.45, 2.75) is 45.1 Å². The molecule has 0 aliphatic carbocycles. The van der Waals surface area contributed by atoms with Gasteiger partial charge in [-0.05, 0) is 49.4 Å². The summed E-state index contributed by atoms with van der Waals surface area (Å²) in [6.45, 7) is 2.77. The highest BCUT2D eigenvalue weighted by molar-refractivity contribution is 7.89. The van der Waals surface area contributed by atoms with E-state index in [1.807, 2.05) is 43.5 Å². The first-order valence-corrected chi connectivity index (χ1v) is 11.5. The van der Waals surface area contributed by atoms with Gasteiger partial charge in [-0.1, -0.05) is 25.5 Å². The molecule has 2 heterocycles. The van der Waals surface area contributed by atoms with Crippen LogP contribution in [0.4, 0.5) is 0 Å². The number of benzene rings is 1. The third-order valence-corrected chi connectivity index (χ3v) is 7.07. The summed E-state index contributed by atoms with van der Waals surface area (Å²) in [6.07, 6.45) is 7.16. The van der Waals surface area contributed by atoms with Crippen LogP contribution >= 0.6 is 0 Å². The fourth-order valence-corrected chi connectivity index (χ4v) is 5.31. The van der Waals surface area contributed by atoms with Crippen LogP contribution in [-0.4, -0.2) is 53.3 Å². The van der Waals surface area contributed by atoms with E-state index in [1.165, 1.54) is 4.31 Å². The molecule has 1 fully saturated rings. The summed E-state index contributed by atoms with van der Waals surface area (Å²) in [5.74, 6) is -0.0909. The number of aromatic nitrogens is 2. The van der Waals surface area contributed by atoms with Crippen LogP contribution in [0.5, 0.6) is 0 Å². The molecule has 0 radical (unpaired) electrons. The highest BCUT2D eigenvalue weighted by atomic mass is 32.2. The van der Waals surface area contributed by atoms with Crippen molar-refractivity contribution in [2.24, 2.45) is 0 Å². The van der Waals surface area contributed by atoms with Crippen molar-refractivity contribution in [3.8, 4) is 5.69 Å². The first-order chi connectivity index (χ1) is 13.5. The second kappa shape index (κ2) is 9.34. The summed E-state index contributed by atoms with van der Waals surface area (Å²) < 4.78 is 28.1. The molecule has 1 aliphatic heterocycles. The van der Waals surface area contributed by atoms with Crippen LogP contribution in [0.15, 0.2) is 42.7 Å². The lowest BCUT2D eigenvalue weighted by atomic mass is 10.0. The lowest BCUT2D eigenvalue weighted by molar-refractivity contribution is -0.125. The SMILES string of the molecule is CCCS(=O)(=O)N1CCCCC1C(=O)NCCc1ccc(-n2cccn2)cc1. The molecule has 28 heavy (non-hydrogen) atoms. The molecule has 1 atom stereocenters. The van der Waals surface area contributed by atoms with Crippen LogP contribution in [0.3, 0.4) is 0 Å². The number of nitrogens with zero attached hydrogens (tertiary/aromatic N) is 3. The Morgan fingerprint density at radius 2 is 2.04 bits per heavy atom. The maximum absolute atomic E-state index is 12.6. The molecule has 2 aromatic rings. The third-order valence-electron chi connectivity index (χ3n) is 4.99. The minimum atomic E-state index is -3.37. The molecule has 0 spiro atoms. The van der Waals surface area contributed by atoms with Crippen molar-refractivity contribution in [2.75, 3.05) is 18.8 Å². The minimum absolute atomic E-state index is 0.0966. The van der Waals surface area contributed by atoms with Gasteiger partial charge in [0.15, 0.2) is 0 Å². The van der Waals surface area contributed by atoms with Gasteiger partial charge in [-0.3, -0.25) is 4.79 Å². The summed E-state index contributed by atoms with van der Waals surface area (Å²) in [7, 11) is -3.37. The van der Waals surface area contributed by atoms with Crippen molar-refractivity contribution in [3.63, 3.8) is 0 Å². The largest absolute Gasteiger partial charge is 0.354 e. The molecule has 8 heteroatoms. The van der Waals surface area contributed by atoms with E-state index in [-0.39, 0.29) is 11.7 Å². The lowest BCUT2D eigenvalue weighted by Crippen LogP contribution is -2.52. The van der Waals surface area contributed by atoms with Gasteiger partial charge in [-0.2, -0.15) is 9.40 Å². The van der Waals surface area contributed by atoms with Crippen molar-refractivity contribution in [1.29, 1.82) is 0 Å². The van der Waals surface area contributed by atoms with Gasteiger partial charge >= 0.3 is 0 Å². The molecule has 0 saturated carbocycles. The molecule has 1 amide bonds. The van der Waals surface area contributed by atoms with Gasteiger partial charge < -0.3 is 5.32 Å². The van der Waals surface area contributed by atoms with Crippen LogP contribution in [0.2, 0.25) is 0 Å². The monoisotopic (exact) mass is 404 g/mol. The Hall–Kier alpha value is -2.19. The van der Waals surface area contributed by atoms with E-state index in [0.29, 0.717) is 32.4 Å². The Labute approximate surface area is 166 Å². The molecule has 1 unspecified atom stereocenters. The first-order valence-electron chi connectivity index (χ1n) is 9.87. The predicted octanol–water partition coefficient (Wildman–Crippen LogP) is 2.13. The van der Waals surface area contributed by atoms with Gasteiger partial charge in [0.25, 0.3) is 0 Å². The highest BCUT2D eigenvalue weighted by Gasteiger charge is 2.35. The standard InChI is InChI=1S/C20H28N4O3S/c1-2-16-28(26,27)24-15-4-3-6-19(24)20(25)21-13-11-17-7-9-18(10-8-17)23-14-5-12-22-23/h5,7-10,12,14,19H,2-4,6,11,13,15-16H2,1H3,(H,21,25). The number of amides is 1. The average molecular weight is 405 g/mol. The fraction of sp³-hybridized carbons (Fsp3) is 0.500. The highest BCUT2D eigenvalue weighted by Crippen LogP contribution is 2.21. The number of hydrogen-bond acceptors (Lipinski definition) is 4. The number of hydrogen-bond donors (Lipinski definition) is 1. The second-order valence-electron chi connectivity index (χ2n) is 7.10. The predicted molar refractivity (Wildman–Crippen MR) is 109 cm³/mol.